The van der Waals surface area contributed by atoms with E-state index in [0.717, 1.165) is 0 Å². The maximum Gasteiger partial charge on any atom is 0.261 e. The topological polar surface area (TPSA) is 99.1 Å². The van der Waals surface area contributed by atoms with Crippen LogP contribution in [0.1, 0.15) is 15.9 Å². The van der Waals surface area contributed by atoms with Crippen molar-refractivity contribution in [1.82, 2.24) is 0 Å². The number of rotatable bonds is 5. The van der Waals surface area contributed by atoms with Crippen LogP contribution in [-0.2, 0) is 10.0 Å². The summed E-state index contributed by atoms with van der Waals surface area (Å²) < 4.78 is 40.2. The highest BCUT2D eigenvalue weighted by molar-refractivity contribution is 7.92. The van der Waals surface area contributed by atoms with E-state index in [-0.39, 0.29) is 16.1 Å². The minimum absolute atomic E-state index is 0.0341. The molecule has 0 bridgehead atoms. The molecule has 1 amide bonds. The van der Waals surface area contributed by atoms with E-state index in [9.17, 15) is 17.6 Å². The van der Waals surface area contributed by atoms with Crippen molar-refractivity contribution in [2.24, 2.45) is 0 Å². The minimum Gasteiger partial charge on any atom is -0.322 e. The van der Waals surface area contributed by atoms with Crippen LogP contribution in [0, 0.1) is 17.1 Å². The number of nitriles is 1. The van der Waals surface area contributed by atoms with Crippen molar-refractivity contribution in [3.63, 3.8) is 0 Å². The van der Waals surface area contributed by atoms with Crippen LogP contribution in [0.15, 0.2) is 77.7 Å². The van der Waals surface area contributed by atoms with Gasteiger partial charge in [-0.3, -0.25) is 9.52 Å². The Labute approximate surface area is 161 Å². The number of halogens is 1. The van der Waals surface area contributed by atoms with Gasteiger partial charge < -0.3 is 5.32 Å². The Bertz CT molecular complexity index is 1150. The molecule has 8 heteroatoms. The van der Waals surface area contributed by atoms with Crippen LogP contribution in [0.5, 0.6) is 0 Å². The number of nitrogens with one attached hydrogen (secondary N) is 2. The SMILES string of the molecule is N#Cc1cccc(NS(=O)(=O)c2ccc(C(=O)Nc3ccc(F)cc3)cc2)c1. The fourth-order valence-corrected chi connectivity index (χ4v) is 3.44. The lowest BCUT2D eigenvalue weighted by Gasteiger charge is -2.09. The maximum atomic E-state index is 12.9. The summed E-state index contributed by atoms with van der Waals surface area (Å²) in [4.78, 5) is 12.2. The smallest absolute Gasteiger partial charge is 0.261 e. The van der Waals surface area contributed by atoms with Gasteiger partial charge in [0.05, 0.1) is 22.2 Å². The van der Waals surface area contributed by atoms with Crippen molar-refractivity contribution < 1.29 is 17.6 Å². The van der Waals surface area contributed by atoms with Crippen LogP contribution in [0.4, 0.5) is 15.8 Å². The Balaban J connectivity index is 1.74. The molecule has 28 heavy (non-hydrogen) atoms. The molecular formula is C20H14FN3O3S. The van der Waals surface area contributed by atoms with Gasteiger partial charge in [0.1, 0.15) is 5.82 Å². The van der Waals surface area contributed by atoms with Crippen LogP contribution in [0.3, 0.4) is 0 Å². The predicted molar refractivity (Wildman–Crippen MR) is 103 cm³/mol. The largest absolute Gasteiger partial charge is 0.322 e. The standard InChI is InChI=1S/C20H14FN3O3S/c21-16-6-8-17(9-7-16)23-20(25)15-4-10-19(11-5-15)28(26,27)24-18-3-1-2-14(12-18)13-22/h1-12,24H,(H,23,25). The minimum atomic E-state index is -3.88. The van der Waals surface area contributed by atoms with Gasteiger partial charge in [-0.1, -0.05) is 6.07 Å². The van der Waals surface area contributed by atoms with Gasteiger partial charge in [0.2, 0.25) is 0 Å². The molecule has 0 aliphatic rings. The highest BCUT2D eigenvalue weighted by Crippen LogP contribution is 2.18. The third-order valence-electron chi connectivity index (χ3n) is 3.77. The third kappa shape index (κ3) is 4.52. The Morgan fingerprint density at radius 3 is 2.25 bits per heavy atom. The highest BCUT2D eigenvalue weighted by atomic mass is 32.2. The van der Waals surface area contributed by atoms with Crippen LogP contribution in [-0.4, -0.2) is 14.3 Å². The van der Waals surface area contributed by atoms with Gasteiger partial charge in [0, 0.05) is 11.3 Å². The van der Waals surface area contributed by atoms with Crippen molar-refractivity contribution in [1.29, 1.82) is 5.26 Å². The first-order valence-corrected chi connectivity index (χ1v) is 9.56. The fourth-order valence-electron chi connectivity index (χ4n) is 2.39. The summed E-state index contributed by atoms with van der Waals surface area (Å²) in [6.45, 7) is 0. The van der Waals surface area contributed by atoms with Crippen molar-refractivity contribution in [3.05, 3.63) is 89.7 Å². The molecule has 0 radical (unpaired) electrons. The normalized spacial score (nSPS) is 10.7. The number of benzene rings is 3. The third-order valence-corrected chi connectivity index (χ3v) is 5.17. The van der Waals surface area contributed by atoms with Crippen LogP contribution in [0.25, 0.3) is 0 Å². The second-order valence-electron chi connectivity index (χ2n) is 5.78. The van der Waals surface area contributed by atoms with E-state index in [2.05, 4.69) is 10.0 Å². The molecule has 140 valence electrons. The molecule has 3 aromatic rings. The molecule has 0 saturated carbocycles. The first-order chi connectivity index (χ1) is 13.4. The van der Waals surface area contributed by atoms with E-state index < -0.39 is 21.7 Å². The summed E-state index contributed by atoms with van der Waals surface area (Å²) in [6, 6.07) is 18.7. The molecule has 0 unspecified atom stereocenters. The van der Waals surface area contributed by atoms with Crippen LogP contribution >= 0.6 is 0 Å². The quantitative estimate of drug-likeness (QED) is 0.687. The zero-order chi connectivity index (χ0) is 20.1. The second-order valence-corrected chi connectivity index (χ2v) is 7.47. The van der Waals surface area contributed by atoms with E-state index in [1.165, 1.54) is 60.7 Å². The van der Waals surface area contributed by atoms with E-state index in [0.29, 0.717) is 11.3 Å². The molecule has 0 saturated heterocycles. The lowest BCUT2D eigenvalue weighted by Crippen LogP contribution is -2.15. The lowest BCUT2D eigenvalue weighted by molar-refractivity contribution is 0.102. The summed E-state index contributed by atoms with van der Waals surface area (Å²) in [6.07, 6.45) is 0. The molecular weight excluding hydrogens is 381 g/mol. The Kier molecular flexibility index (Phi) is 5.38. The average molecular weight is 395 g/mol. The molecule has 0 fully saturated rings. The Hall–Kier alpha value is -3.70. The molecule has 6 nitrogen and oxygen atoms in total. The molecule has 3 aromatic carbocycles. The molecule has 0 aliphatic carbocycles. The summed E-state index contributed by atoms with van der Waals surface area (Å²) in [5, 5.41) is 11.5. The van der Waals surface area contributed by atoms with Crippen LogP contribution < -0.4 is 10.0 Å². The van der Waals surface area contributed by atoms with Crippen LogP contribution in [0.2, 0.25) is 0 Å². The number of anilines is 2. The average Bonchev–Trinajstić information content (AvgIpc) is 2.69. The summed E-state index contributed by atoms with van der Waals surface area (Å²) in [5.74, 6) is -0.870. The summed E-state index contributed by atoms with van der Waals surface area (Å²) in [7, 11) is -3.88. The number of carbonyl (C=O) groups is 1. The predicted octanol–water partition coefficient (Wildman–Crippen LogP) is 3.75. The maximum absolute atomic E-state index is 12.9. The van der Waals surface area contributed by atoms with Gasteiger partial charge in [-0.25, -0.2) is 12.8 Å². The highest BCUT2D eigenvalue weighted by Gasteiger charge is 2.15. The Morgan fingerprint density at radius 1 is 0.929 bits per heavy atom. The monoisotopic (exact) mass is 395 g/mol. The second kappa shape index (κ2) is 7.90. The number of sulfonamides is 1. The zero-order valence-electron chi connectivity index (χ0n) is 14.4. The van der Waals surface area contributed by atoms with Gasteiger partial charge >= 0.3 is 0 Å². The Morgan fingerprint density at radius 2 is 1.61 bits per heavy atom. The summed E-state index contributed by atoms with van der Waals surface area (Å²) in [5.41, 5.74) is 1.25. The van der Waals surface area contributed by atoms with Crippen molar-refractivity contribution in [3.8, 4) is 6.07 Å². The van der Waals surface area contributed by atoms with Gasteiger partial charge in [-0.15, -0.1) is 0 Å². The zero-order valence-corrected chi connectivity index (χ0v) is 15.2. The first-order valence-electron chi connectivity index (χ1n) is 8.07. The molecule has 0 atom stereocenters. The molecule has 0 aromatic heterocycles. The van der Waals surface area contributed by atoms with Gasteiger partial charge in [-0.05, 0) is 66.7 Å². The van der Waals surface area contributed by atoms with Gasteiger partial charge in [0.15, 0.2) is 0 Å². The number of nitrogens with zero attached hydrogens (tertiary/aromatic N) is 1. The number of carbonyl (C=O) groups excluding carboxylic acids is 1. The molecule has 2 N–H and O–H groups in total. The summed E-state index contributed by atoms with van der Waals surface area (Å²) >= 11 is 0. The van der Waals surface area contributed by atoms with Crippen molar-refractivity contribution >= 4 is 27.3 Å². The number of amides is 1. The molecule has 0 aliphatic heterocycles. The molecule has 0 spiro atoms. The number of hydrogen-bond acceptors (Lipinski definition) is 4. The van der Waals surface area contributed by atoms with Gasteiger partial charge in [-0.2, -0.15) is 5.26 Å². The van der Waals surface area contributed by atoms with Crippen molar-refractivity contribution in [2.45, 2.75) is 4.90 Å². The van der Waals surface area contributed by atoms with E-state index in [1.54, 1.807) is 12.1 Å². The molecule has 3 rings (SSSR count). The molecule has 0 heterocycles. The first kappa shape index (κ1) is 19.1. The lowest BCUT2D eigenvalue weighted by atomic mass is 10.2. The van der Waals surface area contributed by atoms with E-state index in [4.69, 9.17) is 5.26 Å². The van der Waals surface area contributed by atoms with Crippen molar-refractivity contribution in [2.75, 3.05) is 10.0 Å². The van der Waals surface area contributed by atoms with E-state index in [1.807, 2.05) is 6.07 Å². The fraction of sp³-hybridized carbons (Fsp3) is 0. The van der Waals surface area contributed by atoms with E-state index >= 15 is 0 Å². The number of hydrogen-bond donors (Lipinski definition) is 2. The van der Waals surface area contributed by atoms with Gasteiger partial charge in [0.25, 0.3) is 15.9 Å².